The average Bonchev–Trinajstić information content (AvgIpc) is 2.42. The van der Waals surface area contributed by atoms with Gasteiger partial charge in [0.25, 0.3) is 0 Å². The Morgan fingerprint density at radius 2 is 1.57 bits per heavy atom. The van der Waals surface area contributed by atoms with Gasteiger partial charge in [0.05, 0.1) is 12.5 Å². The second-order valence-electron chi connectivity index (χ2n) is 4.56. The van der Waals surface area contributed by atoms with E-state index in [2.05, 4.69) is 5.32 Å². The van der Waals surface area contributed by atoms with E-state index in [0.29, 0.717) is 5.56 Å². The summed E-state index contributed by atoms with van der Waals surface area (Å²) in [5, 5.41) is 2.59. The molecule has 2 aromatic carbocycles. The van der Waals surface area contributed by atoms with Crippen LogP contribution in [-0.4, -0.2) is 6.18 Å². The van der Waals surface area contributed by atoms with Crippen molar-refractivity contribution in [1.29, 1.82) is 0 Å². The maximum atomic E-state index is 13.1. The minimum Gasteiger partial charge on any atom is -0.378 e. The van der Waals surface area contributed by atoms with Gasteiger partial charge in [-0.3, -0.25) is 0 Å². The van der Waals surface area contributed by atoms with E-state index >= 15 is 0 Å². The molecule has 2 rings (SSSR count). The number of alkyl halides is 3. The Labute approximate surface area is 118 Å². The minimum atomic E-state index is -4.38. The number of rotatable bonds is 4. The smallest absolute Gasteiger partial charge is 0.378 e. The van der Waals surface area contributed by atoms with Gasteiger partial charge in [0.2, 0.25) is 0 Å². The highest BCUT2D eigenvalue weighted by Crippen LogP contribution is 2.32. The van der Waals surface area contributed by atoms with Crippen molar-refractivity contribution >= 4 is 5.69 Å². The van der Waals surface area contributed by atoms with Gasteiger partial charge in [-0.25, -0.2) is 8.78 Å². The van der Waals surface area contributed by atoms with E-state index in [9.17, 15) is 22.0 Å². The van der Waals surface area contributed by atoms with Gasteiger partial charge in [0, 0.05) is 11.8 Å². The van der Waals surface area contributed by atoms with Gasteiger partial charge in [0.1, 0.15) is 0 Å². The van der Waals surface area contributed by atoms with E-state index in [1.165, 1.54) is 6.07 Å². The predicted octanol–water partition coefficient (Wildman–Crippen LogP) is 5.07. The largest absolute Gasteiger partial charge is 0.391 e. The highest BCUT2D eigenvalue weighted by Gasteiger charge is 2.32. The molecular formula is C15H12F5N. The average molecular weight is 301 g/mol. The fourth-order valence-electron chi connectivity index (χ4n) is 1.96. The third-order valence-corrected chi connectivity index (χ3v) is 2.90. The third-order valence-electron chi connectivity index (χ3n) is 2.90. The van der Waals surface area contributed by atoms with Crippen molar-refractivity contribution in [3.05, 3.63) is 65.7 Å². The maximum Gasteiger partial charge on any atom is 0.391 e. The Balaban J connectivity index is 2.25. The van der Waals surface area contributed by atoms with E-state index in [-0.39, 0.29) is 5.69 Å². The van der Waals surface area contributed by atoms with Gasteiger partial charge >= 0.3 is 6.18 Å². The molecule has 1 N–H and O–H groups in total. The molecule has 0 heterocycles. The van der Waals surface area contributed by atoms with Gasteiger partial charge in [-0.2, -0.15) is 13.2 Å². The lowest BCUT2D eigenvalue weighted by atomic mass is 10.0. The summed E-state index contributed by atoms with van der Waals surface area (Å²) in [5.41, 5.74) is 0.506. The molecule has 0 aliphatic carbocycles. The summed E-state index contributed by atoms with van der Waals surface area (Å²) >= 11 is 0. The van der Waals surface area contributed by atoms with Crippen LogP contribution in [0.3, 0.4) is 0 Å². The van der Waals surface area contributed by atoms with E-state index < -0.39 is 30.3 Å². The van der Waals surface area contributed by atoms with Crippen molar-refractivity contribution in [2.45, 2.75) is 18.6 Å². The van der Waals surface area contributed by atoms with E-state index in [1.54, 1.807) is 30.3 Å². The molecule has 0 aliphatic rings. The van der Waals surface area contributed by atoms with Crippen LogP contribution in [0.1, 0.15) is 18.0 Å². The van der Waals surface area contributed by atoms with Crippen LogP contribution in [0, 0.1) is 11.6 Å². The van der Waals surface area contributed by atoms with Crippen molar-refractivity contribution in [2.24, 2.45) is 0 Å². The van der Waals surface area contributed by atoms with Gasteiger partial charge in [-0.1, -0.05) is 30.3 Å². The third kappa shape index (κ3) is 4.44. The van der Waals surface area contributed by atoms with Gasteiger partial charge in [-0.05, 0) is 17.7 Å². The zero-order chi connectivity index (χ0) is 15.5. The maximum absolute atomic E-state index is 13.1. The molecule has 0 saturated carbocycles. The number of hydrogen-bond donors (Lipinski definition) is 1. The van der Waals surface area contributed by atoms with Crippen molar-refractivity contribution in [2.75, 3.05) is 5.32 Å². The zero-order valence-electron chi connectivity index (χ0n) is 10.8. The minimum absolute atomic E-state index is 0.0898. The lowest BCUT2D eigenvalue weighted by Crippen LogP contribution is -2.20. The molecule has 21 heavy (non-hydrogen) atoms. The summed E-state index contributed by atoms with van der Waals surface area (Å²) < 4.78 is 64.0. The molecule has 0 bridgehead atoms. The molecule has 112 valence electrons. The lowest BCUT2D eigenvalue weighted by Gasteiger charge is -2.22. The fraction of sp³-hybridized carbons (Fsp3) is 0.200. The number of benzene rings is 2. The second-order valence-corrected chi connectivity index (χ2v) is 4.56. The first-order valence-electron chi connectivity index (χ1n) is 6.18. The molecule has 0 aromatic heterocycles. The highest BCUT2D eigenvalue weighted by atomic mass is 19.4. The van der Waals surface area contributed by atoms with Crippen molar-refractivity contribution in [3.8, 4) is 0 Å². The van der Waals surface area contributed by atoms with Gasteiger partial charge < -0.3 is 5.32 Å². The molecule has 1 atom stereocenters. The molecule has 0 radical (unpaired) electrons. The summed E-state index contributed by atoms with van der Waals surface area (Å²) in [6.45, 7) is 0. The quantitative estimate of drug-likeness (QED) is 0.777. The van der Waals surface area contributed by atoms with Crippen LogP contribution < -0.4 is 5.32 Å². The molecule has 0 fully saturated rings. The first-order chi connectivity index (χ1) is 9.85. The van der Waals surface area contributed by atoms with Gasteiger partial charge in [0.15, 0.2) is 11.6 Å². The Bertz CT molecular complexity index is 595. The Hall–Kier alpha value is -2.11. The first kappa shape index (κ1) is 15.3. The normalized spacial score (nSPS) is 13.0. The Kier molecular flexibility index (Phi) is 4.45. The van der Waals surface area contributed by atoms with E-state index in [0.717, 1.165) is 12.1 Å². The van der Waals surface area contributed by atoms with Crippen LogP contribution in [0.25, 0.3) is 0 Å². The van der Waals surface area contributed by atoms with E-state index in [1.807, 2.05) is 0 Å². The molecule has 1 nitrogen and oxygen atoms in total. The molecule has 6 heteroatoms. The molecular weight excluding hydrogens is 289 g/mol. The van der Waals surface area contributed by atoms with Crippen LogP contribution in [0.5, 0.6) is 0 Å². The van der Waals surface area contributed by atoms with Crippen molar-refractivity contribution < 1.29 is 22.0 Å². The first-order valence-corrected chi connectivity index (χ1v) is 6.18. The fourth-order valence-corrected chi connectivity index (χ4v) is 1.96. The summed E-state index contributed by atoms with van der Waals surface area (Å²) in [6, 6.07) is 9.84. The molecule has 0 aliphatic heterocycles. The number of halogens is 5. The second kappa shape index (κ2) is 6.11. The van der Waals surface area contributed by atoms with Crippen LogP contribution in [0.15, 0.2) is 48.5 Å². The molecule has 0 spiro atoms. The van der Waals surface area contributed by atoms with Crippen LogP contribution >= 0.6 is 0 Å². The summed E-state index contributed by atoms with van der Waals surface area (Å²) in [4.78, 5) is 0. The van der Waals surface area contributed by atoms with Gasteiger partial charge in [-0.15, -0.1) is 0 Å². The Morgan fingerprint density at radius 3 is 2.14 bits per heavy atom. The molecule has 1 unspecified atom stereocenters. The number of nitrogens with one attached hydrogen (secondary N) is 1. The Morgan fingerprint density at radius 1 is 0.905 bits per heavy atom. The SMILES string of the molecule is Fc1ccc(NC(CC(F)(F)F)c2ccccc2)cc1F. The van der Waals surface area contributed by atoms with Crippen LogP contribution in [0.2, 0.25) is 0 Å². The van der Waals surface area contributed by atoms with Crippen molar-refractivity contribution in [1.82, 2.24) is 0 Å². The topological polar surface area (TPSA) is 12.0 Å². The summed E-state index contributed by atoms with van der Waals surface area (Å²) in [6.07, 6.45) is -5.50. The zero-order valence-corrected chi connectivity index (χ0v) is 10.8. The highest BCUT2D eigenvalue weighted by molar-refractivity contribution is 5.46. The lowest BCUT2D eigenvalue weighted by molar-refractivity contribution is -0.137. The summed E-state index contributed by atoms with van der Waals surface area (Å²) in [5.74, 6) is -2.16. The molecule has 2 aromatic rings. The van der Waals surface area contributed by atoms with E-state index in [4.69, 9.17) is 0 Å². The number of anilines is 1. The number of hydrogen-bond acceptors (Lipinski definition) is 1. The monoisotopic (exact) mass is 301 g/mol. The molecule has 0 amide bonds. The van der Waals surface area contributed by atoms with Crippen LogP contribution in [0.4, 0.5) is 27.6 Å². The predicted molar refractivity (Wildman–Crippen MR) is 69.8 cm³/mol. The molecule has 0 saturated heterocycles. The standard InChI is InChI=1S/C15H12F5N/c16-12-7-6-11(8-13(12)17)21-14(9-15(18,19)20)10-4-2-1-3-5-10/h1-8,14,21H,9H2. The summed E-state index contributed by atoms with van der Waals surface area (Å²) in [7, 11) is 0. The van der Waals surface area contributed by atoms with Crippen LogP contribution in [-0.2, 0) is 0 Å². The van der Waals surface area contributed by atoms with Crippen molar-refractivity contribution in [3.63, 3.8) is 0 Å².